The lowest BCUT2D eigenvalue weighted by Gasteiger charge is -2.05. The molecule has 2 aromatic carbocycles. The van der Waals surface area contributed by atoms with Crippen LogP contribution in [0.15, 0.2) is 46.4 Å². The fourth-order valence-electron chi connectivity index (χ4n) is 1.68. The van der Waals surface area contributed by atoms with Crippen LogP contribution in [-0.2, 0) is 0 Å². The molecule has 2 aromatic rings. The van der Waals surface area contributed by atoms with Crippen LogP contribution in [0.25, 0.3) is 0 Å². The average molecular weight is 374 g/mol. The Balaban J connectivity index is 2.38. The van der Waals surface area contributed by atoms with E-state index in [1.807, 2.05) is 13.8 Å². The van der Waals surface area contributed by atoms with E-state index in [0.717, 1.165) is 0 Å². The molecule has 0 saturated carbocycles. The quantitative estimate of drug-likeness (QED) is 0.508. The van der Waals surface area contributed by atoms with Crippen LogP contribution in [-0.4, -0.2) is 11.4 Å². The summed E-state index contributed by atoms with van der Waals surface area (Å²) in [5.74, 6) is 0. The van der Waals surface area contributed by atoms with Crippen LogP contribution in [0.5, 0.6) is 0 Å². The first-order chi connectivity index (χ1) is 10.4. The highest BCUT2D eigenvalue weighted by Gasteiger charge is 2.07. The summed E-state index contributed by atoms with van der Waals surface area (Å²) >= 11 is 24.2. The Bertz CT molecular complexity index is 701. The van der Waals surface area contributed by atoms with E-state index >= 15 is 0 Å². The lowest BCUT2D eigenvalue weighted by atomic mass is 10.2. The molecule has 0 aliphatic carbocycles. The van der Waals surface area contributed by atoms with Crippen molar-refractivity contribution in [2.45, 2.75) is 13.8 Å². The second-order valence-corrected chi connectivity index (χ2v) is 6.11. The van der Waals surface area contributed by atoms with Gasteiger partial charge < -0.3 is 0 Å². The van der Waals surface area contributed by atoms with Crippen LogP contribution < -0.4 is 0 Å². The Hall–Kier alpha value is -1.06. The highest BCUT2D eigenvalue weighted by Crippen LogP contribution is 2.33. The van der Waals surface area contributed by atoms with E-state index in [2.05, 4.69) is 9.98 Å². The summed E-state index contributed by atoms with van der Waals surface area (Å²) in [6.07, 6.45) is 0. The molecule has 0 aliphatic heterocycles. The van der Waals surface area contributed by atoms with Crippen molar-refractivity contribution in [3.63, 3.8) is 0 Å². The van der Waals surface area contributed by atoms with Gasteiger partial charge in [-0.15, -0.1) is 0 Å². The van der Waals surface area contributed by atoms with Crippen LogP contribution in [0.1, 0.15) is 13.8 Å². The van der Waals surface area contributed by atoms with Gasteiger partial charge in [-0.05, 0) is 38.1 Å². The van der Waals surface area contributed by atoms with E-state index in [4.69, 9.17) is 46.4 Å². The largest absolute Gasteiger partial charge is 0.250 e. The molecule has 0 unspecified atom stereocenters. The average Bonchev–Trinajstić information content (AvgIpc) is 2.48. The summed E-state index contributed by atoms with van der Waals surface area (Å²) in [4.78, 5) is 8.92. The molecule has 0 heterocycles. The van der Waals surface area contributed by atoms with Gasteiger partial charge in [-0.1, -0.05) is 58.5 Å². The molecule has 0 aliphatic rings. The maximum Gasteiger partial charge on any atom is 0.0848 e. The van der Waals surface area contributed by atoms with E-state index in [-0.39, 0.29) is 0 Å². The molecule has 0 atom stereocenters. The number of benzene rings is 2. The molecular weight excluding hydrogens is 362 g/mol. The SMILES string of the molecule is CC(=Nc1cccc(Cl)c1Cl)C(C)=Nc1cccc(Cl)c1Cl. The first-order valence-electron chi connectivity index (χ1n) is 6.39. The first-order valence-corrected chi connectivity index (χ1v) is 7.90. The zero-order valence-corrected chi connectivity index (χ0v) is 14.9. The second kappa shape index (κ2) is 7.47. The number of aliphatic imine (C=N–C) groups is 2. The van der Waals surface area contributed by atoms with Crippen LogP contribution >= 0.6 is 46.4 Å². The minimum absolute atomic E-state index is 0.414. The van der Waals surface area contributed by atoms with Gasteiger partial charge in [0.15, 0.2) is 0 Å². The van der Waals surface area contributed by atoms with Crippen LogP contribution in [0, 0.1) is 0 Å². The molecule has 22 heavy (non-hydrogen) atoms. The van der Waals surface area contributed by atoms with Crippen molar-refractivity contribution in [2.75, 3.05) is 0 Å². The molecule has 0 spiro atoms. The maximum absolute atomic E-state index is 6.13. The normalized spacial score (nSPS) is 12.6. The molecular formula is C16H12Cl4N2. The van der Waals surface area contributed by atoms with Gasteiger partial charge in [0, 0.05) is 0 Å². The summed E-state index contributed by atoms with van der Waals surface area (Å²) in [5.41, 5.74) is 2.61. The zero-order valence-electron chi connectivity index (χ0n) is 11.9. The Morgan fingerprint density at radius 3 is 1.41 bits per heavy atom. The summed E-state index contributed by atoms with van der Waals surface area (Å²) in [6, 6.07) is 10.6. The molecule has 2 nitrogen and oxygen atoms in total. The van der Waals surface area contributed by atoms with Crippen molar-refractivity contribution in [3.05, 3.63) is 56.5 Å². The second-order valence-electron chi connectivity index (χ2n) is 4.54. The third kappa shape index (κ3) is 4.02. The molecule has 0 fully saturated rings. The minimum atomic E-state index is 0.414. The molecule has 0 bridgehead atoms. The van der Waals surface area contributed by atoms with E-state index in [1.165, 1.54) is 0 Å². The Kier molecular flexibility index (Phi) is 5.87. The van der Waals surface area contributed by atoms with Crippen molar-refractivity contribution in [3.8, 4) is 0 Å². The predicted molar refractivity (Wildman–Crippen MR) is 98.5 cm³/mol. The minimum Gasteiger partial charge on any atom is -0.250 e. The van der Waals surface area contributed by atoms with Gasteiger partial charge in [0.1, 0.15) is 0 Å². The smallest absolute Gasteiger partial charge is 0.0848 e. The topological polar surface area (TPSA) is 24.7 Å². The Labute approximate surface area is 149 Å². The van der Waals surface area contributed by atoms with E-state index in [9.17, 15) is 0 Å². The monoisotopic (exact) mass is 372 g/mol. The van der Waals surface area contributed by atoms with Gasteiger partial charge in [-0.3, -0.25) is 9.98 Å². The molecule has 0 saturated heterocycles. The van der Waals surface area contributed by atoms with Gasteiger partial charge in [-0.25, -0.2) is 0 Å². The van der Waals surface area contributed by atoms with Crippen molar-refractivity contribution >= 4 is 69.2 Å². The van der Waals surface area contributed by atoms with Gasteiger partial charge in [0.05, 0.1) is 42.9 Å². The summed E-state index contributed by atoms with van der Waals surface area (Å²) in [5, 5.41) is 1.75. The number of hydrogen-bond donors (Lipinski definition) is 0. The van der Waals surface area contributed by atoms with E-state index < -0.39 is 0 Å². The number of hydrogen-bond acceptors (Lipinski definition) is 2. The fourth-order valence-corrected chi connectivity index (χ4v) is 2.36. The summed E-state index contributed by atoms with van der Waals surface area (Å²) in [6.45, 7) is 3.68. The van der Waals surface area contributed by atoms with Crippen LogP contribution in [0.3, 0.4) is 0 Å². The fraction of sp³-hybridized carbons (Fsp3) is 0.125. The van der Waals surface area contributed by atoms with Crippen molar-refractivity contribution in [2.24, 2.45) is 9.98 Å². The maximum atomic E-state index is 6.13. The van der Waals surface area contributed by atoms with Gasteiger partial charge in [0.2, 0.25) is 0 Å². The summed E-state index contributed by atoms with van der Waals surface area (Å²) in [7, 11) is 0. The number of rotatable bonds is 3. The van der Waals surface area contributed by atoms with Crippen molar-refractivity contribution < 1.29 is 0 Å². The lowest BCUT2D eigenvalue weighted by Crippen LogP contribution is -2.04. The molecule has 0 aromatic heterocycles. The van der Waals surface area contributed by atoms with Gasteiger partial charge >= 0.3 is 0 Å². The highest BCUT2D eigenvalue weighted by atomic mass is 35.5. The molecule has 0 amide bonds. The molecule has 114 valence electrons. The number of nitrogens with zero attached hydrogens (tertiary/aromatic N) is 2. The van der Waals surface area contributed by atoms with Gasteiger partial charge in [-0.2, -0.15) is 0 Å². The third-order valence-electron chi connectivity index (χ3n) is 2.96. The molecule has 0 N–H and O–H groups in total. The lowest BCUT2D eigenvalue weighted by molar-refractivity contribution is 1.47. The van der Waals surface area contributed by atoms with Crippen molar-refractivity contribution in [1.82, 2.24) is 0 Å². The molecule has 0 radical (unpaired) electrons. The van der Waals surface area contributed by atoms with Crippen LogP contribution in [0.2, 0.25) is 20.1 Å². The zero-order chi connectivity index (χ0) is 16.3. The van der Waals surface area contributed by atoms with E-state index in [0.29, 0.717) is 42.9 Å². The molecule has 2 rings (SSSR count). The van der Waals surface area contributed by atoms with E-state index in [1.54, 1.807) is 36.4 Å². The standard InChI is InChI=1S/C16H12Cl4N2/c1-9(21-13-7-3-5-11(17)15(13)19)10(2)22-14-8-4-6-12(18)16(14)20/h3-8H,1-2H3. The number of halogens is 4. The first kappa shape index (κ1) is 17.3. The van der Waals surface area contributed by atoms with Gasteiger partial charge in [0.25, 0.3) is 0 Å². The highest BCUT2D eigenvalue weighted by molar-refractivity contribution is 6.46. The Morgan fingerprint density at radius 1 is 0.682 bits per heavy atom. The third-order valence-corrected chi connectivity index (χ3v) is 4.58. The summed E-state index contributed by atoms with van der Waals surface area (Å²) < 4.78 is 0. The van der Waals surface area contributed by atoms with Crippen LogP contribution in [0.4, 0.5) is 11.4 Å². The Morgan fingerprint density at radius 2 is 1.05 bits per heavy atom. The van der Waals surface area contributed by atoms with Crippen molar-refractivity contribution in [1.29, 1.82) is 0 Å². The molecule has 6 heteroatoms. The predicted octanol–water partition coefficient (Wildman–Crippen LogP) is 7.19.